The number of ether oxygens (including phenoxy) is 1. The van der Waals surface area contributed by atoms with Crippen LogP contribution < -0.4 is 10.2 Å². The molecule has 1 saturated heterocycles. The molecule has 0 spiro atoms. The van der Waals surface area contributed by atoms with E-state index in [4.69, 9.17) is 4.74 Å². The van der Waals surface area contributed by atoms with Gasteiger partial charge in [0.25, 0.3) is 0 Å². The number of rotatable bonds is 6. The van der Waals surface area contributed by atoms with Crippen LogP contribution in [0.3, 0.4) is 0 Å². The molecule has 1 aliphatic heterocycles. The molecule has 0 amide bonds. The summed E-state index contributed by atoms with van der Waals surface area (Å²) in [6.07, 6.45) is 2.48. The summed E-state index contributed by atoms with van der Waals surface area (Å²) in [5.74, 6) is 3.10. The molecule has 1 fully saturated rings. The second-order valence-corrected chi connectivity index (χ2v) is 6.09. The number of esters is 1. The van der Waals surface area contributed by atoms with Gasteiger partial charge < -0.3 is 15.0 Å². The lowest BCUT2D eigenvalue weighted by Crippen LogP contribution is -2.33. The van der Waals surface area contributed by atoms with Crippen LogP contribution >= 0.6 is 11.8 Å². The first kappa shape index (κ1) is 15.9. The van der Waals surface area contributed by atoms with E-state index in [0.717, 1.165) is 36.1 Å². The maximum Gasteiger partial charge on any atom is 0.328 e. The fourth-order valence-electron chi connectivity index (χ4n) is 2.22. The monoisotopic (exact) mass is 309 g/mol. The van der Waals surface area contributed by atoms with Crippen LogP contribution in [0.15, 0.2) is 18.3 Å². The Labute approximate surface area is 130 Å². The normalized spacial score (nSPS) is 16.4. The number of carbonyl (C=O) groups excluding carboxylic acids is 1. The molecule has 1 aliphatic rings. The van der Waals surface area contributed by atoms with Crippen LogP contribution in [-0.2, 0) is 9.53 Å². The van der Waals surface area contributed by atoms with Gasteiger partial charge in [-0.05, 0) is 25.5 Å². The molecular weight excluding hydrogens is 286 g/mol. The van der Waals surface area contributed by atoms with Gasteiger partial charge in [-0.3, -0.25) is 0 Å². The van der Waals surface area contributed by atoms with Crippen molar-refractivity contribution in [2.45, 2.75) is 26.3 Å². The molecule has 21 heavy (non-hydrogen) atoms. The Hall–Kier alpha value is -1.43. The number of nitrogens with one attached hydrogen (secondary N) is 1. The third kappa shape index (κ3) is 4.52. The lowest BCUT2D eigenvalue weighted by molar-refractivity contribution is -0.144. The van der Waals surface area contributed by atoms with E-state index in [1.54, 1.807) is 6.20 Å². The van der Waals surface area contributed by atoms with Crippen LogP contribution in [0.5, 0.6) is 0 Å². The van der Waals surface area contributed by atoms with Crippen LogP contribution in [0, 0.1) is 0 Å². The highest BCUT2D eigenvalue weighted by molar-refractivity contribution is 7.99. The second kappa shape index (κ2) is 8.12. The zero-order valence-corrected chi connectivity index (χ0v) is 13.5. The van der Waals surface area contributed by atoms with E-state index in [-0.39, 0.29) is 12.0 Å². The van der Waals surface area contributed by atoms with Gasteiger partial charge >= 0.3 is 5.97 Å². The highest BCUT2D eigenvalue weighted by Gasteiger charge is 2.18. The van der Waals surface area contributed by atoms with Gasteiger partial charge in [-0.25, -0.2) is 9.78 Å². The largest absolute Gasteiger partial charge is 0.464 e. The van der Waals surface area contributed by atoms with Crippen molar-refractivity contribution in [3.05, 3.63) is 18.3 Å². The van der Waals surface area contributed by atoms with Crippen LogP contribution in [-0.4, -0.2) is 48.2 Å². The fraction of sp³-hybridized carbons (Fsp3) is 0.600. The van der Waals surface area contributed by atoms with Crippen molar-refractivity contribution in [1.82, 2.24) is 4.98 Å². The number of pyridine rings is 1. The van der Waals surface area contributed by atoms with Crippen molar-refractivity contribution in [3.8, 4) is 0 Å². The van der Waals surface area contributed by atoms with E-state index in [1.807, 2.05) is 37.7 Å². The zero-order valence-electron chi connectivity index (χ0n) is 12.7. The summed E-state index contributed by atoms with van der Waals surface area (Å²) in [5, 5.41) is 3.18. The first-order valence-electron chi connectivity index (χ1n) is 7.46. The SMILES string of the molecule is CCOC(=O)C(CC)Nc1ccc(N2CCSCC2)nc1. The van der Waals surface area contributed by atoms with E-state index in [9.17, 15) is 4.79 Å². The van der Waals surface area contributed by atoms with Crippen molar-refractivity contribution in [3.63, 3.8) is 0 Å². The number of hydrogen-bond donors (Lipinski definition) is 1. The molecule has 116 valence electrons. The lowest BCUT2D eigenvalue weighted by atomic mass is 10.2. The summed E-state index contributed by atoms with van der Waals surface area (Å²) >= 11 is 1.98. The number of aromatic nitrogens is 1. The van der Waals surface area contributed by atoms with Gasteiger partial charge in [0.05, 0.1) is 18.5 Å². The molecule has 0 bridgehead atoms. The summed E-state index contributed by atoms with van der Waals surface area (Å²) < 4.78 is 5.05. The van der Waals surface area contributed by atoms with Gasteiger partial charge in [-0.15, -0.1) is 0 Å². The Kier molecular flexibility index (Phi) is 6.17. The Bertz CT molecular complexity index is 447. The molecule has 0 aliphatic carbocycles. The minimum absolute atomic E-state index is 0.211. The summed E-state index contributed by atoms with van der Waals surface area (Å²) in [6, 6.07) is 3.67. The van der Waals surface area contributed by atoms with Crippen LogP contribution in [0.4, 0.5) is 11.5 Å². The quantitative estimate of drug-likeness (QED) is 0.814. The van der Waals surface area contributed by atoms with Crippen LogP contribution in [0.1, 0.15) is 20.3 Å². The average Bonchev–Trinajstić information content (AvgIpc) is 2.54. The van der Waals surface area contributed by atoms with E-state index in [1.165, 1.54) is 0 Å². The number of hydrogen-bond acceptors (Lipinski definition) is 6. The minimum Gasteiger partial charge on any atom is -0.464 e. The number of anilines is 2. The summed E-state index contributed by atoms with van der Waals surface area (Å²) in [4.78, 5) is 18.6. The van der Waals surface area contributed by atoms with Gasteiger partial charge in [0.2, 0.25) is 0 Å². The molecule has 1 aromatic heterocycles. The Morgan fingerprint density at radius 2 is 2.19 bits per heavy atom. The highest BCUT2D eigenvalue weighted by Crippen LogP contribution is 2.19. The molecule has 2 rings (SSSR count). The predicted octanol–water partition coefficient (Wildman–Crippen LogP) is 2.39. The lowest BCUT2D eigenvalue weighted by Gasteiger charge is -2.27. The smallest absolute Gasteiger partial charge is 0.328 e. The first-order chi connectivity index (χ1) is 10.2. The Balaban J connectivity index is 1.96. The van der Waals surface area contributed by atoms with E-state index in [2.05, 4.69) is 15.2 Å². The summed E-state index contributed by atoms with van der Waals surface area (Å²) in [6.45, 7) is 6.27. The molecule has 1 unspecified atom stereocenters. The van der Waals surface area contributed by atoms with Gasteiger partial charge in [-0.2, -0.15) is 11.8 Å². The minimum atomic E-state index is -0.316. The van der Waals surface area contributed by atoms with Crippen LogP contribution in [0.2, 0.25) is 0 Å². The average molecular weight is 309 g/mol. The number of carbonyl (C=O) groups is 1. The Morgan fingerprint density at radius 1 is 1.43 bits per heavy atom. The predicted molar refractivity (Wildman–Crippen MR) is 88.1 cm³/mol. The van der Waals surface area contributed by atoms with E-state index < -0.39 is 0 Å². The van der Waals surface area contributed by atoms with E-state index >= 15 is 0 Å². The molecule has 5 nitrogen and oxygen atoms in total. The van der Waals surface area contributed by atoms with Crippen molar-refractivity contribution in [2.75, 3.05) is 41.4 Å². The number of thioether (sulfide) groups is 1. The van der Waals surface area contributed by atoms with Crippen molar-refractivity contribution in [2.24, 2.45) is 0 Å². The maximum atomic E-state index is 11.8. The van der Waals surface area contributed by atoms with Gasteiger partial charge in [0.1, 0.15) is 11.9 Å². The third-order valence-electron chi connectivity index (χ3n) is 3.40. The van der Waals surface area contributed by atoms with Gasteiger partial charge in [0, 0.05) is 24.6 Å². The molecule has 1 N–H and O–H groups in total. The summed E-state index contributed by atoms with van der Waals surface area (Å²) in [7, 11) is 0. The molecule has 6 heteroatoms. The summed E-state index contributed by atoms with van der Waals surface area (Å²) in [5.41, 5.74) is 0.852. The molecule has 0 aromatic carbocycles. The van der Waals surface area contributed by atoms with Crippen LogP contribution in [0.25, 0.3) is 0 Å². The molecular formula is C15H23N3O2S. The van der Waals surface area contributed by atoms with Crippen molar-refractivity contribution >= 4 is 29.2 Å². The Morgan fingerprint density at radius 3 is 2.76 bits per heavy atom. The molecule has 0 saturated carbocycles. The second-order valence-electron chi connectivity index (χ2n) is 4.86. The highest BCUT2D eigenvalue weighted by atomic mass is 32.2. The van der Waals surface area contributed by atoms with Gasteiger partial charge in [0.15, 0.2) is 0 Å². The molecule has 0 radical (unpaired) electrons. The molecule has 1 atom stereocenters. The first-order valence-corrected chi connectivity index (χ1v) is 8.62. The molecule has 2 heterocycles. The van der Waals surface area contributed by atoms with E-state index in [0.29, 0.717) is 13.0 Å². The fourth-order valence-corrected chi connectivity index (χ4v) is 3.13. The topological polar surface area (TPSA) is 54.5 Å². The maximum absolute atomic E-state index is 11.8. The van der Waals surface area contributed by atoms with Crippen molar-refractivity contribution < 1.29 is 9.53 Å². The van der Waals surface area contributed by atoms with Gasteiger partial charge in [-0.1, -0.05) is 6.92 Å². The third-order valence-corrected chi connectivity index (χ3v) is 4.35. The molecule has 1 aromatic rings. The zero-order chi connectivity index (χ0) is 15.1. The standard InChI is InChI=1S/C15H23N3O2S/c1-3-13(15(19)20-4-2)17-12-5-6-14(16-11-12)18-7-9-21-10-8-18/h5-6,11,13,17H,3-4,7-10H2,1-2H3. The number of nitrogens with zero attached hydrogens (tertiary/aromatic N) is 2. The van der Waals surface area contributed by atoms with Crippen molar-refractivity contribution in [1.29, 1.82) is 0 Å².